The molecule has 1 fully saturated rings. The second-order valence-electron chi connectivity index (χ2n) is 6.05. The van der Waals surface area contributed by atoms with Gasteiger partial charge in [0, 0.05) is 30.9 Å². The Morgan fingerprint density at radius 2 is 2.00 bits per heavy atom. The molecular weight excluding hydrogens is 218 g/mol. The van der Waals surface area contributed by atoms with Crippen LogP contribution in [0.1, 0.15) is 20.3 Å². The summed E-state index contributed by atoms with van der Waals surface area (Å²) in [5, 5.41) is 3.68. The van der Waals surface area contributed by atoms with E-state index >= 15 is 0 Å². The topological polar surface area (TPSA) is 41.3 Å². The van der Waals surface area contributed by atoms with Crippen molar-refractivity contribution in [3.05, 3.63) is 0 Å². The second-order valence-corrected chi connectivity index (χ2v) is 7.03. The highest BCUT2D eigenvalue weighted by Gasteiger charge is 2.38. The van der Waals surface area contributed by atoms with Crippen LogP contribution in [0.2, 0.25) is 0 Å². The highest BCUT2D eigenvalue weighted by Crippen LogP contribution is 2.38. The van der Waals surface area contributed by atoms with Gasteiger partial charge in [-0.15, -0.1) is 0 Å². The summed E-state index contributed by atoms with van der Waals surface area (Å²) >= 11 is 2.04. The molecule has 1 heterocycles. The van der Waals surface area contributed by atoms with Crippen LogP contribution in [0.15, 0.2) is 0 Å². The standard InChI is InChI=1S/C12H27N3S/c1-11(2)7-12(8-13,10-16-9-11)14-5-6-15(3)4/h14H,5-10,13H2,1-4H3. The third-order valence-electron chi connectivity index (χ3n) is 3.14. The van der Waals surface area contributed by atoms with Gasteiger partial charge < -0.3 is 16.0 Å². The van der Waals surface area contributed by atoms with Crippen LogP contribution in [0.4, 0.5) is 0 Å². The van der Waals surface area contributed by atoms with Crippen molar-refractivity contribution in [2.45, 2.75) is 25.8 Å². The molecule has 1 unspecified atom stereocenters. The van der Waals surface area contributed by atoms with Gasteiger partial charge in [0.15, 0.2) is 0 Å². The Hall–Kier alpha value is 0.230. The first kappa shape index (κ1) is 14.3. The fourth-order valence-electron chi connectivity index (χ4n) is 2.40. The first-order chi connectivity index (χ1) is 7.39. The van der Waals surface area contributed by atoms with Crippen LogP contribution in [-0.2, 0) is 0 Å². The molecule has 16 heavy (non-hydrogen) atoms. The van der Waals surface area contributed by atoms with Gasteiger partial charge in [0.2, 0.25) is 0 Å². The number of hydrogen-bond acceptors (Lipinski definition) is 4. The zero-order valence-electron chi connectivity index (χ0n) is 11.2. The quantitative estimate of drug-likeness (QED) is 0.758. The number of rotatable bonds is 5. The molecule has 0 spiro atoms. The molecular formula is C12H27N3S. The predicted octanol–water partition coefficient (Wildman–Crippen LogP) is 0.998. The number of thioether (sulfide) groups is 1. The van der Waals surface area contributed by atoms with Gasteiger partial charge in [-0.1, -0.05) is 13.8 Å². The Morgan fingerprint density at radius 3 is 2.50 bits per heavy atom. The Labute approximate surface area is 105 Å². The minimum atomic E-state index is 0.155. The zero-order chi connectivity index (χ0) is 12.2. The van der Waals surface area contributed by atoms with Gasteiger partial charge in [-0.25, -0.2) is 0 Å². The van der Waals surface area contributed by atoms with E-state index in [1.165, 1.54) is 12.2 Å². The molecule has 1 saturated heterocycles. The molecule has 3 N–H and O–H groups in total. The molecule has 1 aliphatic rings. The van der Waals surface area contributed by atoms with E-state index in [2.05, 4.69) is 38.2 Å². The Balaban J connectivity index is 2.49. The first-order valence-electron chi connectivity index (χ1n) is 6.07. The summed E-state index contributed by atoms with van der Waals surface area (Å²) in [6.45, 7) is 7.54. The first-order valence-corrected chi connectivity index (χ1v) is 7.22. The summed E-state index contributed by atoms with van der Waals surface area (Å²) in [5.41, 5.74) is 6.55. The van der Waals surface area contributed by atoms with Gasteiger partial charge in [0.05, 0.1) is 0 Å². The normalized spacial score (nSPS) is 29.6. The van der Waals surface area contributed by atoms with Crippen LogP contribution < -0.4 is 11.1 Å². The summed E-state index contributed by atoms with van der Waals surface area (Å²) < 4.78 is 0. The maximum absolute atomic E-state index is 5.99. The van der Waals surface area contributed by atoms with Crippen LogP contribution in [0.25, 0.3) is 0 Å². The van der Waals surface area contributed by atoms with Gasteiger partial charge in [-0.2, -0.15) is 11.8 Å². The largest absolute Gasteiger partial charge is 0.329 e. The lowest BCUT2D eigenvalue weighted by atomic mass is 9.80. The molecule has 0 aromatic heterocycles. The summed E-state index contributed by atoms with van der Waals surface area (Å²) in [7, 11) is 4.21. The SMILES string of the molecule is CN(C)CCNC1(CN)CSCC(C)(C)C1. The molecule has 0 radical (unpaired) electrons. The van der Waals surface area contributed by atoms with E-state index in [1.807, 2.05) is 11.8 Å². The van der Waals surface area contributed by atoms with Gasteiger partial charge in [-0.3, -0.25) is 0 Å². The van der Waals surface area contributed by atoms with Crippen molar-refractivity contribution in [1.29, 1.82) is 0 Å². The summed E-state index contributed by atoms with van der Waals surface area (Å²) in [6, 6.07) is 0. The van der Waals surface area contributed by atoms with E-state index in [0.29, 0.717) is 5.41 Å². The van der Waals surface area contributed by atoms with Crippen molar-refractivity contribution in [3.8, 4) is 0 Å². The lowest BCUT2D eigenvalue weighted by Crippen LogP contribution is -2.59. The molecule has 1 rings (SSSR count). The average molecular weight is 245 g/mol. The third kappa shape index (κ3) is 4.24. The Kier molecular flexibility index (Phi) is 5.10. The minimum Gasteiger partial charge on any atom is -0.329 e. The van der Waals surface area contributed by atoms with Crippen molar-refractivity contribution >= 4 is 11.8 Å². The molecule has 0 amide bonds. The van der Waals surface area contributed by atoms with Crippen LogP contribution in [-0.4, -0.2) is 55.7 Å². The monoisotopic (exact) mass is 245 g/mol. The van der Waals surface area contributed by atoms with Crippen LogP contribution >= 0.6 is 11.8 Å². The van der Waals surface area contributed by atoms with E-state index < -0.39 is 0 Å². The molecule has 4 heteroatoms. The lowest BCUT2D eigenvalue weighted by molar-refractivity contribution is 0.222. The number of nitrogens with one attached hydrogen (secondary N) is 1. The molecule has 0 aromatic carbocycles. The highest BCUT2D eigenvalue weighted by atomic mass is 32.2. The predicted molar refractivity (Wildman–Crippen MR) is 74.1 cm³/mol. The smallest absolute Gasteiger partial charge is 0.0401 e. The lowest BCUT2D eigenvalue weighted by Gasteiger charge is -2.44. The molecule has 1 aliphatic heterocycles. The van der Waals surface area contributed by atoms with Gasteiger partial charge in [0.25, 0.3) is 0 Å². The Bertz CT molecular complexity index is 218. The minimum absolute atomic E-state index is 0.155. The zero-order valence-corrected chi connectivity index (χ0v) is 12.0. The van der Waals surface area contributed by atoms with Gasteiger partial charge >= 0.3 is 0 Å². The molecule has 96 valence electrons. The maximum atomic E-state index is 5.99. The number of nitrogens with two attached hydrogens (primary N) is 1. The van der Waals surface area contributed by atoms with E-state index in [0.717, 1.165) is 25.4 Å². The van der Waals surface area contributed by atoms with Crippen molar-refractivity contribution in [2.24, 2.45) is 11.1 Å². The van der Waals surface area contributed by atoms with Crippen molar-refractivity contribution in [2.75, 3.05) is 45.2 Å². The van der Waals surface area contributed by atoms with Crippen molar-refractivity contribution in [3.63, 3.8) is 0 Å². The fraction of sp³-hybridized carbons (Fsp3) is 1.00. The number of nitrogens with zero attached hydrogens (tertiary/aromatic N) is 1. The van der Waals surface area contributed by atoms with E-state index in [1.54, 1.807) is 0 Å². The molecule has 0 aromatic rings. The highest BCUT2D eigenvalue weighted by molar-refractivity contribution is 7.99. The van der Waals surface area contributed by atoms with E-state index in [-0.39, 0.29) is 5.54 Å². The number of hydrogen-bond donors (Lipinski definition) is 2. The molecule has 1 atom stereocenters. The van der Waals surface area contributed by atoms with Crippen molar-refractivity contribution < 1.29 is 0 Å². The molecule has 0 saturated carbocycles. The van der Waals surface area contributed by atoms with E-state index in [4.69, 9.17) is 5.73 Å². The molecule has 3 nitrogen and oxygen atoms in total. The third-order valence-corrected chi connectivity index (χ3v) is 4.88. The van der Waals surface area contributed by atoms with Crippen LogP contribution in [0.5, 0.6) is 0 Å². The van der Waals surface area contributed by atoms with Gasteiger partial charge in [0.1, 0.15) is 0 Å². The summed E-state index contributed by atoms with van der Waals surface area (Å²) in [6.07, 6.45) is 1.19. The maximum Gasteiger partial charge on any atom is 0.0401 e. The Morgan fingerprint density at radius 1 is 1.31 bits per heavy atom. The van der Waals surface area contributed by atoms with Gasteiger partial charge in [-0.05, 0) is 31.7 Å². The summed E-state index contributed by atoms with van der Waals surface area (Å²) in [5.74, 6) is 2.41. The second kappa shape index (κ2) is 5.71. The van der Waals surface area contributed by atoms with Crippen LogP contribution in [0, 0.1) is 5.41 Å². The summed E-state index contributed by atoms with van der Waals surface area (Å²) in [4.78, 5) is 2.21. The average Bonchev–Trinajstić information content (AvgIpc) is 2.15. The number of likely N-dealkylation sites (N-methyl/N-ethyl adjacent to an activating group) is 1. The van der Waals surface area contributed by atoms with Crippen molar-refractivity contribution in [1.82, 2.24) is 10.2 Å². The van der Waals surface area contributed by atoms with E-state index in [9.17, 15) is 0 Å². The molecule has 0 aliphatic carbocycles. The van der Waals surface area contributed by atoms with Crippen LogP contribution in [0.3, 0.4) is 0 Å². The fourth-order valence-corrected chi connectivity index (χ4v) is 3.87. The molecule has 0 bridgehead atoms.